The van der Waals surface area contributed by atoms with Crippen molar-refractivity contribution < 1.29 is 9.53 Å². The summed E-state index contributed by atoms with van der Waals surface area (Å²) in [6, 6.07) is 9.69. The Hall–Kier alpha value is -1.59. The van der Waals surface area contributed by atoms with Crippen LogP contribution in [0.4, 0.5) is 10.5 Å². The minimum absolute atomic E-state index is 0.00552. The first kappa shape index (κ1) is 18.7. The fourth-order valence-electron chi connectivity index (χ4n) is 2.86. The van der Waals surface area contributed by atoms with Crippen LogP contribution in [0, 0.1) is 0 Å². The molecule has 1 aromatic rings. The molecule has 24 heavy (non-hydrogen) atoms. The van der Waals surface area contributed by atoms with Crippen LogP contribution in [0.3, 0.4) is 0 Å². The highest BCUT2D eigenvalue weighted by Gasteiger charge is 2.16. The Morgan fingerprint density at radius 1 is 1.12 bits per heavy atom. The zero-order valence-electron chi connectivity index (χ0n) is 14.9. The number of urea groups is 1. The number of anilines is 1. The number of nitrogens with zero attached hydrogens (tertiary/aromatic N) is 2. The molecule has 1 saturated heterocycles. The predicted octanol–water partition coefficient (Wildman–Crippen LogP) is 3.43. The van der Waals surface area contributed by atoms with Crippen molar-refractivity contribution in [2.24, 2.45) is 0 Å². The summed E-state index contributed by atoms with van der Waals surface area (Å²) in [5.41, 5.74) is 0.854. The van der Waals surface area contributed by atoms with Gasteiger partial charge in [-0.2, -0.15) is 0 Å². The Morgan fingerprint density at radius 3 is 2.58 bits per heavy atom. The second-order valence-electron chi connectivity index (χ2n) is 6.30. The van der Waals surface area contributed by atoms with Gasteiger partial charge in [-0.25, -0.2) is 4.79 Å². The molecule has 0 bridgehead atoms. The number of carbonyl (C=O) groups is 1. The van der Waals surface area contributed by atoms with E-state index < -0.39 is 0 Å². The summed E-state index contributed by atoms with van der Waals surface area (Å²) in [5.74, 6) is 0. The van der Waals surface area contributed by atoms with E-state index in [9.17, 15) is 4.79 Å². The lowest BCUT2D eigenvalue weighted by atomic mass is 10.2. The smallest absolute Gasteiger partial charge is 0.321 e. The van der Waals surface area contributed by atoms with Gasteiger partial charge in [0.15, 0.2) is 0 Å². The molecule has 1 aromatic carbocycles. The molecular formula is C19H31N3O2. The summed E-state index contributed by atoms with van der Waals surface area (Å²) in [6.07, 6.45) is 4.70. The van der Waals surface area contributed by atoms with Gasteiger partial charge in [0.05, 0.1) is 13.2 Å². The molecule has 134 valence electrons. The number of hydrogen-bond donors (Lipinski definition) is 1. The zero-order valence-corrected chi connectivity index (χ0v) is 14.9. The zero-order chi connectivity index (χ0) is 17.0. The molecule has 2 rings (SSSR count). The van der Waals surface area contributed by atoms with Crippen LogP contribution in [-0.4, -0.2) is 61.8 Å². The van der Waals surface area contributed by atoms with Gasteiger partial charge in [-0.15, -0.1) is 0 Å². The third-order valence-corrected chi connectivity index (χ3v) is 4.38. The van der Waals surface area contributed by atoms with E-state index in [-0.39, 0.29) is 6.03 Å². The largest absolute Gasteiger partial charge is 0.379 e. The molecule has 5 nitrogen and oxygen atoms in total. The summed E-state index contributed by atoms with van der Waals surface area (Å²) in [4.78, 5) is 17.0. The van der Waals surface area contributed by atoms with Crippen molar-refractivity contribution in [3.8, 4) is 0 Å². The van der Waals surface area contributed by atoms with Crippen LogP contribution < -0.4 is 5.32 Å². The molecule has 5 heteroatoms. The number of ether oxygens (including phenoxy) is 1. The van der Waals surface area contributed by atoms with Crippen molar-refractivity contribution in [2.75, 3.05) is 51.3 Å². The highest BCUT2D eigenvalue weighted by Crippen LogP contribution is 2.09. The second kappa shape index (κ2) is 11.0. The number of hydrogen-bond acceptors (Lipinski definition) is 3. The summed E-state index contributed by atoms with van der Waals surface area (Å²) in [5, 5.41) is 3.01. The molecule has 1 fully saturated rings. The van der Waals surface area contributed by atoms with Gasteiger partial charge in [0, 0.05) is 38.4 Å². The first-order valence-electron chi connectivity index (χ1n) is 9.20. The maximum absolute atomic E-state index is 12.6. The topological polar surface area (TPSA) is 44.8 Å². The third kappa shape index (κ3) is 6.89. The molecule has 0 saturated carbocycles. The lowest BCUT2D eigenvalue weighted by molar-refractivity contribution is 0.0351. The molecule has 0 aliphatic carbocycles. The van der Waals surface area contributed by atoms with Crippen LogP contribution in [0.1, 0.15) is 32.6 Å². The van der Waals surface area contributed by atoms with Gasteiger partial charge < -0.3 is 15.0 Å². The van der Waals surface area contributed by atoms with E-state index in [2.05, 4.69) is 17.1 Å². The molecule has 0 radical (unpaired) electrons. The fraction of sp³-hybridized carbons (Fsp3) is 0.632. The highest BCUT2D eigenvalue weighted by atomic mass is 16.5. The quantitative estimate of drug-likeness (QED) is 0.704. The first-order valence-corrected chi connectivity index (χ1v) is 9.20. The average molecular weight is 333 g/mol. The van der Waals surface area contributed by atoms with Crippen molar-refractivity contribution in [1.29, 1.82) is 0 Å². The number of para-hydroxylation sites is 1. The number of carbonyl (C=O) groups excluding carboxylic acids is 1. The van der Waals surface area contributed by atoms with E-state index in [1.54, 1.807) is 0 Å². The number of benzene rings is 1. The van der Waals surface area contributed by atoms with E-state index in [1.165, 1.54) is 19.3 Å². The Bertz CT molecular complexity index is 461. The third-order valence-electron chi connectivity index (χ3n) is 4.38. The second-order valence-corrected chi connectivity index (χ2v) is 6.30. The molecule has 1 aliphatic heterocycles. The van der Waals surface area contributed by atoms with E-state index in [0.29, 0.717) is 0 Å². The molecular weight excluding hydrogens is 302 g/mol. The van der Waals surface area contributed by atoms with Crippen molar-refractivity contribution in [1.82, 2.24) is 9.80 Å². The number of amides is 2. The molecule has 0 unspecified atom stereocenters. The number of unbranched alkanes of at least 4 members (excludes halogenated alkanes) is 3. The van der Waals surface area contributed by atoms with Crippen LogP contribution in [0.5, 0.6) is 0 Å². The maximum atomic E-state index is 12.6. The maximum Gasteiger partial charge on any atom is 0.321 e. The van der Waals surface area contributed by atoms with Crippen LogP contribution in [0.15, 0.2) is 30.3 Å². The van der Waals surface area contributed by atoms with Gasteiger partial charge in [0.25, 0.3) is 0 Å². The Morgan fingerprint density at radius 2 is 1.88 bits per heavy atom. The minimum Gasteiger partial charge on any atom is -0.379 e. The first-order chi connectivity index (χ1) is 11.8. The van der Waals surface area contributed by atoms with Crippen LogP contribution in [0.2, 0.25) is 0 Å². The molecule has 1 N–H and O–H groups in total. The number of morpholine rings is 1. The van der Waals surface area contributed by atoms with Gasteiger partial charge in [-0.3, -0.25) is 4.90 Å². The van der Waals surface area contributed by atoms with Crippen LogP contribution in [-0.2, 0) is 4.74 Å². The molecule has 1 aliphatic rings. The SMILES string of the molecule is CCCCCCN(CCN1CCOCC1)C(=O)Nc1ccccc1. The molecule has 0 atom stereocenters. The van der Waals surface area contributed by atoms with E-state index in [1.807, 2.05) is 35.2 Å². The van der Waals surface area contributed by atoms with Crippen molar-refractivity contribution in [3.05, 3.63) is 30.3 Å². The minimum atomic E-state index is 0.00552. The lowest BCUT2D eigenvalue weighted by Gasteiger charge is -2.30. The van der Waals surface area contributed by atoms with Crippen molar-refractivity contribution in [2.45, 2.75) is 32.6 Å². The van der Waals surface area contributed by atoms with Gasteiger partial charge >= 0.3 is 6.03 Å². The highest BCUT2D eigenvalue weighted by molar-refractivity contribution is 5.89. The normalized spacial score (nSPS) is 15.2. The van der Waals surface area contributed by atoms with Crippen molar-refractivity contribution in [3.63, 3.8) is 0 Å². The summed E-state index contributed by atoms with van der Waals surface area (Å²) in [7, 11) is 0. The Balaban J connectivity index is 1.84. The van der Waals surface area contributed by atoms with E-state index >= 15 is 0 Å². The van der Waals surface area contributed by atoms with Crippen LogP contribution in [0.25, 0.3) is 0 Å². The standard InChI is InChI=1S/C19H31N3O2/c1-2-3-4-8-11-22(13-12-21-14-16-24-17-15-21)19(23)20-18-9-6-5-7-10-18/h5-7,9-10H,2-4,8,11-17H2,1H3,(H,20,23). The molecule has 0 spiro atoms. The Kier molecular flexibility index (Phi) is 8.63. The predicted molar refractivity (Wildman–Crippen MR) is 98.4 cm³/mol. The van der Waals surface area contributed by atoms with E-state index in [4.69, 9.17) is 4.74 Å². The average Bonchev–Trinajstić information content (AvgIpc) is 2.62. The molecule has 0 aromatic heterocycles. The summed E-state index contributed by atoms with van der Waals surface area (Å²) >= 11 is 0. The molecule has 2 amide bonds. The van der Waals surface area contributed by atoms with Crippen molar-refractivity contribution >= 4 is 11.7 Å². The number of rotatable bonds is 9. The van der Waals surface area contributed by atoms with Gasteiger partial charge in [0.2, 0.25) is 0 Å². The Labute approximate surface area is 146 Å². The van der Waals surface area contributed by atoms with Gasteiger partial charge in [-0.1, -0.05) is 44.4 Å². The molecule has 1 heterocycles. The summed E-state index contributed by atoms with van der Waals surface area (Å²) in [6.45, 7) is 8.23. The number of nitrogens with one attached hydrogen (secondary N) is 1. The van der Waals surface area contributed by atoms with E-state index in [0.717, 1.165) is 58.0 Å². The van der Waals surface area contributed by atoms with Crippen LogP contribution >= 0.6 is 0 Å². The van der Waals surface area contributed by atoms with Gasteiger partial charge in [-0.05, 0) is 18.6 Å². The lowest BCUT2D eigenvalue weighted by Crippen LogP contribution is -2.44. The fourth-order valence-corrected chi connectivity index (χ4v) is 2.86. The monoisotopic (exact) mass is 333 g/mol. The summed E-state index contributed by atoms with van der Waals surface area (Å²) < 4.78 is 5.39. The van der Waals surface area contributed by atoms with Gasteiger partial charge in [0.1, 0.15) is 0 Å².